The average Bonchev–Trinajstić information content (AvgIpc) is 2.30. The first-order valence-corrected chi connectivity index (χ1v) is 4.53. The van der Waals surface area contributed by atoms with Crippen molar-refractivity contribution in [1.29, 1.82) is 0 Å². The third kappa shape index (κ3) is 1.79. The second-order valence-corrected chi connectivity index (χ2v) is 3.07. The third-order valence-electron chi connectivity index (χ3n) is 2.08. The molecule has 0 amide bonds. The normalized spacial score (nSPS) is 12.4. The van der Waals surface area contributed by atoms with Gasteiger partial charge in [0, 0.05) is 12.1 Å². The van der Waals surface area contributed by atoms with Crippen molar-refractivity contribution in [3.8, 4) is 0 Å². The number of benzene rings is 1. The molecular weight excluding hydrogens is 177 g/mol. The molecule has 1 nitrogen and oxygen atoms in total. The van der Waals surface area contributed by atoms with Crippen molar-refractivity contribution in [3.63, 3.8) is 0 Å². The first-order valence-electron chi connectivity index (χ1n) is 4.53. The molecule has 0 bridgehead atoms. The zero-order chi connectivity index (χ0) is 9.80. The highest BCUT2D eigenvalue weighted by atomic mass is 19.1. The molecule has 0 N–H and O–H groups in total. The van der Waals surface area contributed by atoms with Gasteiger partial charge in [-0.25, -0.2) is 0 Å². The molecule has 2 aromatic rings. The Hall–Kier alpha value is -1.70. The summed E-state index contributed by atoms with van der Waals surface area (Å²) in [6.45, 7) is 0. The van der Waals surface area contributed by atoms with Crippen LogP contribution < -0.4 is 4.57 Å². The van der Waals surface area contributed by atoms with E-state index in [4.69, 9.17) is 0 Å². The number of hydrogen-bond donors (Lipinski definition) is 0. The fraction of sp³-hybridized carbons (Fsp3) is 0.0833. The molecule has 70 valence electrons. The van der Waals surface area contributed by atoms with Crippen molar-refractivity contribution in [2.24, 2.45) is 0 Å². The Balaban J connectivity index is 2.30. The molecular formula is C12H11FN+. The van der Waals surface area contributed by atoms with E-state index >= 15 is 0 Å². The molecule has 2 rings (SSSR count). The van der Waals surface area contributed by atoms with E-state index in [2.05, 4.69) is 0 Å². The van der Waals surface area contributed by atoms with E-state index in [1.165, 1.54) is 4.57 Å². The summed E-state index contributed by atoms with van der Waals surface area (Å²) in [5.74, 6) is 0. The fourth-order valence-corrected chi connectivity index (χ4v) is 1.35. The van der Waals surface area contributed by atoms with Gasteiger partial charge >= 0.3 is 6.30 Å². The van der Waals surface area contributed by atoms with E-state index in [9.17, 15) is 4.39 Å². The van der Waals surface area contributed by atoms with Crippen molar-refractivity contribution >= 4 is 0 Å². The molecule has 0 aliphatic carbocycles. The molecule has 14 heavy (non-hydrogen) atoms. The standard InChI is InChI=1S/C12H11FN/c13-12(11-7-3-1-4-8-11)14-9-5-2-6-10-14/h1-10,12H/q+1. The maximum absolute atomic E-state index is 13.8. The van der Waals surface area contributed by atoms with Gasteiger partial charge in [0.25, 0.3) is 0 Å². The fourth-order valence-electron chi connectivity index (χ4n) is 1.35. The van der Waals surface area contributed by atoms with Crippen LogP contribution in [0.25, 0.3) is 0 Å². The Morgan fingerprint density at radius 3 is 2.07 bits per heavy atom. The molecule has 1 unspecified atom stereocenters. The Morgan fingerprint density at radius 2 is 1.43 bits per heavy atom. The molecule has 1 heterocycles. The molecule has 0 spiro atoms. The van der Waals surface area contributed by atoms with Gasteiger partial charge in [0.2, 0.25) is 0 Å². The summed E-state index contributed by atoms with van der Waals surface area (Å²) in [7, 11) is 0. The molecule has 0 fully saturated rings. The van der Waals surface area contributed by atoms with E-state index in [0.29, 0.717) is 5.56 Å². The number of alkyl halides is 1. The quantitative estimate of drug-likeness (QED) is 0.637. The third-order valence-corrected chi connectivity index (χ3v) is 2.08. The Kier molecular flexibility index (Phi) is 2.54. The summed E-state index contributed by atoms with van der Waals surface area (Å²) in [5, 5.41) is 0. The molecule has 1 atom stereocenters. The lowest BCUT2D eigenvalue weighted by molar-refractivity contribution is -0.737. The summed E-state index contributed by atoms with van der Waals surface area (Å²) >= 11 is 0. The van der Waals surface area contributed by atoms with Crippen LogP contribution in [0, 0.1) is 0 Å². The lowest BCUT2D eigenvalue weighted by Gasteiger charge is -2.02. The largest absolute Gasteiger partial charge is 0.325 e. The number of hydrogen-bond acceptors (Lipinski definition) is 0. The van der Waals surface area contributed by atoms with Crippen LogP contribution in [-0.4, -0.2) is 0 Å². The lowest BCUT2D eigenvalue weighted by atomic mass is 10.2. The van der Waals surface area contributed by atoms with Crippen molar-refractivity contribution in [2.75, 3.05) is 0 Å². The number of pyridine rings is 1. The highest BCUT2D eigenvalue weighted by molar-refractivity contribution is 5.15. The Bertz CT molecular complexity index is 346. The summed E-state index contributed by atoms with van der Waals surface area (Å²) in [5.41, 5.74) is 0.670. The SMILES string of the molecule is FC(c1ccccc1)[n+]1ccccc1. The van der Waals surface area contributed by atoms with Crippen LogP contribution in [0.3, 0.4) is 0 Å². The summed E-state index contributed by atoms with van der Waals surface area (Å²) in [6.07, 6.45) is 2.34. The average molecular weight is 188 g/mol. The van der Waals surface area contributed by atoms with E-state index in [0.717, 1.165) is 0 Å². The maximum Gasteiger partial charge on any atom is 0.325 e. The van der Waals surface area contributed by atoms with Crippen molar-refractivity contribution in [3.05, 3.63) is 66.5 Å². The van der Waals surface area contributed by atoms with Crippen LogP contribution in [-0.2, 0) is 0 Å². The smallest absolute Gasteiger partial charge is 0.170 e. The van der Waals surface area contributed by atoms with Gasteiger partial charge in [-0.1, -0.05) is 24.3 Å². The first kappa shape index (κ1) is 8.88. The lowest BCUT2D eigenvalue weighted by Crippen LogP contribution is -2.36. The predicted molar refractivity (Wildman–Crippen MR) is 52.3 cm³/mol. The van der Waals surface area contributed by atoms with E-state index in [1.807, 2.05) is 36.4 Å². The van der Waals surface area contributed by atoms with Gasteiger partial charge in [0.1, 0.15) is 0 Å². The van der Waals surface area contributed by atoms with Crippen LogP contribution in [0.2, 0.25) is 0 Å². The van der Waals surface area contributed by atoms with Crippen LogP contribution >= 0.6 is 0 Å². The number of halogens is 1. The van der Waals surface area contributed by atoms with Crippen molar-refractivity contribution < 1.29 is 8.96 Å². The zero-order valence-corrected chi connectivity index (χ0v) is 7.68. The maximum atomic E-state index is 13.8. The van der Waals surface area contributed by atoms with Gasteiger partial charge in [-0.3, -0.25) is 0 Å². The Labute approximate surface area is 82.4 Å². The zero-order valence-electron chi connectivity index (χ0n) is 7.68. The monoisotopic (exact) mass is 188 g/mol. The second kappa shape index (κ2) is 4.01. The minimum atomic E-state index is -1.10. The number of nitrogens with zero attached hydrogens (tertiary/aromatic N) is 1. The van der Waals surface area contributed by atoms with E-state index in [1.54, 1.807) is 24.5 Å². The van der Waals surface area contributed by atoms with Gasteiger partial charge in [0.15, 0.2) is 12.4 Å². The minimum Gasteiger partial charge on any atom is -0.170 e. The summed E-state index contributed by atoms with van der Waals surface area (Å²) in [4.78, 5) is 0. The minimum absolute atomic E-state index is 0.670. The summed E-state index contributed by atoms with van der Waals surface area (Å²) in [6, 6.07) is 14.6. The van der Waals surface area contributed by atoms with Gasteiger partial charge in [-0.2, -0.15) is 8.96 Å². The van der Waals surface area contributed by atoms with E-state index < -0.39 is 6.30 Å². The van der Waals surface area contributed by atoms with Gasteiger partial charge in [0.05, 0.1) is 5.56 Å². The second-order valence-electron chi connectivity index (χ2n) is 3.07. The van der Waals surface area contributed by atoms with Crippen molar-refractivity contribution in [2.45, 2.75) is 6.30 Å². The van der Waals surface area contributed by atoms with Gasteiger partial charge < -0.3 is 0 Å². The molecule has 1 aromatic heterocycles. The molecule has 0 aliphatic heterocycles. The van der Waals surface area contributed by atoms with Crippen LogP contribution in [0.4, 0.5) is 4.39 Å². The predicted octanol–water partition coefficient (Wildman–Crippen LogP) is 2.49. The summed E-state index contributed by atoms with van der Waals surface area (Å²) < 4.78 is 15.4. The molecule has 0 aliphatic rings. The highest BCUT2D eigenvalue weighted by Gasteiger charge is 2.17. The van der Waals surface area contributed by atoms with Crippen molar-refractivity contribution in [1.82, 2.24) is 0 Å². The number of aromatic nitrogens is 1. The van der Waals surface area contributed by atoms with Crippen LogP contribution in [0.5, 0.6) is 0 Å². The molecule has 1 aromatic carbocycles. The molecule has 2 heteroatoms. The first-order chi connectivity index (χ1) is 6.88. The topological polar surface area (TPSA) is 3.88 Å². The van der Waals surface area contributed by atoms with E-state index in [-0.39, 0.29) is 0 Å². The molecule has 0 radical (unpaired) electrons. The molecule has 0 saturated carbocycles. The number of rotatable bonds is 2. The highest BCUT2D eigenvalue weighted by Crippen LogP contribution is 2.12. The Morgan fingerprint density at radius 1 is 0.857 bits per heavy atom. The van der Waals surface area contributed by atoms with Crippen LogP contribution in [0.15, 0.2) is 60.9 Å². The van der Waals surface area contributed by atoms with Gasteiger partial charge in [-0.15, -0.1) is 0 Å². The molecule has 0 saturated heterocycles. The van der Waals surface area contributed by atoms with Gasteiger partial charge in [-0.05, 0) is 12.1 Å². The van der Waals surface area contributed by atoms with Crippen LogP contribution in [0.1, 0.15) is 11.9 Å².